The molecule has 0 bridgehead atoms. The number of methoxy groups -OCH3 is 1. The van der Waals surface area contributed by atoms with E-state index < -0.39 is 0 Å². The number of allylic oxidation sites excluding steroid dienone is 2. The number of ketones is 1. The van der Waals surface area contributed by atoms with Gasteiger partial charge in [0.2, 0.25) is 0 Å². The van der Waals surface area contributed by atoms with Crippen LogP contribution in [0.5, 0.6) is 5.75 Å². The van der Waals surface area contributed by atoms with E-state index in [4.69, 9.17) is 4.74 Å². The maximum atomic E-state index is 13.2. The predicted octanol–water partition coefficient (Wildman–Crippen LogP) is 5.46. The van der Waals surface area contributed by atoms with Gasteiger partial charge in [-0.1, -0.05) is 24.6 Å². The first-order chi connectivity index (χ1) is 12.5. The number of hydrogen-bond donors (Lipinski definition) is 0. The van der Waals surface area contributed by atoms with Gasteiger partial charge in [-0.2, -0.15) is 0 Å². The molecule has 0 heterocycles. The van der Waals surface area contributed by atoms with Crippen molar-refractivity contribution in [1.29, 1.82) is 0 Å². The Hall–Kier alpha value is -1.57. The van der Waals surface area contributed by atoms with Gasteiger partial charge < -0.3 is 4.74 Å². The molecule has 2 fully saturated rings. The van der Waals surface area contributed by atoms with Crippen molar-refractivity contribution in [3.8, 4) is 5.75 Å². The molecule has 0 radical (unpaired) electrons. The van der Waals surface area contributed by atoms with E-state index in [0.717, 1.165) is 37.9 Å². The molecule has 2 saturated carbocycles. The molecular formula is C24H30O2. The van der Waals surface area contributed by atoms with Crippen LogP contribution in [0.1, 0.15) is 69.4 Å². The molecule has 5 rings (SSSR count). The van der Waals surface area contributed by atoms with Gasteiger partial charge in [-0.3, -0.25) is 4.79 Å². The largest absolute Gasteiger partial charge is 0.497 e. The van der Waals surface area contributed by atoms with E-state index in [2.05, 4.69) is 38.1 Å². The fraction of sp³-hybridized carbons (Fsp3) is 0.625. The topological polar surface area (TPSA) is 26.3 Å². The molecule has 1 aromatic carbocycles. The van der Waals surface area contributed by atoms with Gasteiger partial charge in [-0.25, -0.2) is 0 Å². The molecule has 138 valence electrons. The van der Waals surface area contributed by atoms with Crippen LogP contribution in [-0.4, -0.2) is 12.9 Å². The van der Waals surface area contributed by atoms with E-state index in [0.29, 0.717) is 23.5 Å². The maximum Gasteiger partial charge on any atom is 0.139 e. The van der Waals surface area contributed by atoms with Gasteiger partial charge in [0.25, 0.3) is 0 Å². The number of Topliss-reactive ketones (excluding diaryl/α,β-unsaturated/α-hetero) is 1. The molecular weight excluding hydrogens is 320 g/mol. The van der Waals surface area contributed by atoms with Crippen molar-refractivity contribution in [1.82, 2.24) is 0 Å². The minimum atomic E-state index is -0.0972. The summed E-state index contributed by atoms with van der Waals surface area (Å²) in [4.78, 5) is 13.2. The summed E-state index contributed by atoms with van der Waals surface area (Å²) in [5.41, 5.74) is 4.63. The van der Waals surface area contributed by atoms with Crippen molar-refractivity contribution in [2.45, 2.75) is 64.7 Å². The van der Waals surface area contributed by atoms with Crippen LogP contribution in [0.15, 0.2) is 29.8 Å². The zero-order chi connectivity index (χ0) is 18.1. The molecule has 5 atom stereocenters. The Labute approximate surface area is 157 Å². The summed E-state index contributed by atoms with van der Waals surface area (Å²) in [6.07, 6.45) is 10.2. The van der Waals surface area contributed by atoms with Crippen LogP contribution in [0, 0.1) is 22.7 Å². The summed E-state index contributed by atoms with van der Waals surface area (Å²) in [7, 11) is 1.75. The number of ether oxygens (including phenoxy) is 1. The van der Waals surface area contributed by atoms with E-state index in [1.165, 1.54) is 24.0 Å². The second-order valence-electron chi connectivity index (χ2n) is 9.51. The number of carbonyl (C=O) groups excluding carboxylic acids is 1. The van der Waals surface area contributed by atoms with Crippen LogP contribution in [0.3, 0.4) is 0 Å². The third-order valence-corrected chi connectivity index (χ3v) is 8.74. The van der Waals surface area contributed by atoms with Gasteiger partial charge in [0.1, 0.15) is 11.5 Å². The first-order valence-electron chi connectivity index (χ1n) is 10.4. The monoisotopic (exact) mass is 350 g/mol. The van der Waals surface area contributed by atoms with Gasteiger partial charge in [0.05, 0.1) is 7.11 Å². The Morgan fingerprint density at radius 3 is 2.85 bits per heavy atom. The highest BCUT2D eigenvalue weighted by atomic mass is 16.5. The maximum absolute atomic E-state index is 13.2. The van der Waals surface area contributed by atoms with Crippen molar-refractivity contribution in [3.63, 3.8) is 0 Å². The highest BCUT2D eigenvalue weighted by Crippen LogP contribution is 2.72. The number of carbonyl (C=O) groups is 1. The van der Waals surface area contributed by atoms with Gasteiger partial charge in [0, 0.05) is 11.8 Å². The third-order valence-electron chi connectivity index (χ3n) is 8.74. The summed E-state index contributed by atoms with van der Waals surface area (Å²) in [5, 5.41) is 0. The van der Waals surface area contributed by atoms with E-state index in [1.807, 2.05) is 0 Å². The lowest BCUT2D eigenvalue weighted by atomic mass is 9.43. The number of hydrogen-bond acceptors (Lipinski definition) is 2. The molecule has 1 spiro atoms. The van der Waals surface area contributed by atoms with Crippen molar-refractivity contribution in [2.75, 3.05) is 7.11 Å². The SMILES string of the molecule is COc1ccc2c(c1)CC[C@@H]1[C@@H]2CC[C@]2(C)C(=O)C[C@H]3CC(C)=CC[C@@]312. The van der Waals surface area contributed by atoms with Gasteiger partial charge in [0.15, 0.2) is 0 Å². The lowest BCUT2D eigenvalue weighted by Gasteiger charge is -2.60. The Morgan fingerprint density at radius 2 is 2.04 bits per heavy atom. The Kier molecular flexibility index (Phi) is 3.49. The summed E-state index contributed by atoms with van der Waals surface area (Å²) in [6.45, 7) is 4.58. The Balaban J connectivity index is 1.62. The normalized spacial score (nSPS) is 40.8. The molecule has 1 aromatic rings. The van der Waals surface area contributed by atoms with Gasteiger partial charge in [-0.15, -0.1) is 0 Å². The lowest BCUT2D eigenvalue weighted by molar-refractivity contribution is -0.138. The quantitative estimate of drug-likeness (QED) is 0.629. The highest BCUT2D eigenvalue weighted by Gasteiger charge is 2.68. The molecule has 0 aromatic heterocycles. The van der Waals surface area contributed by atoms with Gasteiger partial charge in [-0.05, 0) is 91.9 Å². The van der Waals surface area contributed by atoms with Crippen molar-refractivity contribution < 1.29 is 9.53 Å². The molecule has 2 heteroatoms. The van der Waals surface area contributed by atoms with E-state index in [9.17, 15) is 4.79 Å². The lowest BCUT2D eigenvalue weighted by Crippen LogP contribution is -2.54. The molecule has 0 amide bonds. The average molecular weight is 351 g/mol. The zero-order valence-corrected chi connectivity index (χ0v) is 16.3. The van der Waals surface area contributed by atoms with Crippen molar-refractivity contribution >= 4 is 5.78 Å². The second kappa shape index (κ2) is 5.47. The minimum absolute atomic E-state index is 0.0972. The number of rotatable bonds is 1. The summed E-state index contributed by atoms with van der Waals surface area (Å²) in [5.74, 6) is 3.38. The first kappa shape index (κ1) is 16.6. The molecule has 26 heavy (non-hydrogen) atoms. The number of aryl methyl sites for hydroxylation is 1. The van der Waals surface area contributed by atoms with Crippen LogP contribution in [0.2, 0.25) is 0 Å². The third kappa shape index (κ3) is 1.91. The van der Waals surface area contributed by atoms with E-state index >= 15 is 0 Å². The molecule has 4 aliphatic carbocycles. The molecule has 0 unspecified atom stereocenters. The second-order valence-corrected chi connectivity index (χ2v) is 9.51. The summed E-state index contributed by atoms with van der Waals surface area (Å²) >= 11 is 0. The fourth-order valence-corrected chi connectivity index (χ4v) is 7.47. The van der Waals surface area contributed by atoms with E-state index in [-0.39, 0.29) is 10.8 Å². The summed E-state index contributed by atoms with van der Waals surface area (Å²) < 4.78 is 5.46. The van der Waals surface area contributed by atoms with Crippen LogP contribution in [0.25, 0.3) is 0 Å². The predicted molar refractivity (Wildman–Crippen MR) is 103 cm³/mol. The van der Waals surface area contributed by atoms with E-state index in [1.54, 1.807) is 12.7 Å². The standard InChI is InChI=1S/C24H30O2/c1-15-8-11-24-17(12-15)14-22(25)23(24,2)10-9-20-19-6-5-18(26-3)13-16(19)4-7-21(20)24/h5-6,8,13,17,20-21H,4,7,9-12,14H2,1-3H3/t17-,20-,21-,23-,24-/m1/s1. The molecule has 0 N–H and O–H groups in total. The van der Waals surface area contributed by atoms with Crippen molar-refractivity contribution in [2.24, 2.45) is 22.7 Å². The zero-order valence-electron chi connectivity index (χ0n) is 16.3. The number of fused-ring (bicyclic) bond motifs is 3. The van der Waals surface area contributed by atoms with Gasteiger partial charge >= 0.3 is 0 Å². The van der Waals surface area contributed by atoms with Crippen LogP contribution < -0.4 is 4.74 Å². The smallest absolute Gasteiger partial charge is 0.139 e. The average Bonchev–Trinajstić information content (AvgIpc) is 2.88. The van der Waals surface area contributed by atoms with Crippen LogP contribution in [0.4, 0.5) is 0 Å². The molecule has 0 aliphatic heterocycles. The molecule has 4 aliphatic rings. The van der Waals surface area contributed by atoms with Crippen LogP contribution in [-0.2, 0) is 11.2 Å². The molecule has 2 nitrogen and oxygen atoms in total. The Morgan fingerprint density at radius 1 is 1.19 bits per heavy atom. The Bertz CT molecular complexity index is 806. The minimum Gasteiger partial charge on any atom is -0.497 e. The van der Waals surface area contributed by atoms with Crippen LogP contribution >= 0.6 is 0 Å². The number of benzene rings is 1. The highest BCUT2D eigenvalue weighted by molar-refractivity contribution is 5.89. The fourth-order valence-electron chi connectivity index (χ4n) is 7.47. The van der Waals surface area contributed by atoms with Crippen molar-refractivity contribution in [3.05, 3.63) is 41.0 Å². The summed E-state index contributed by atoms with van der Waals surface area (Å²) in [6, 6.07) is 6.70. The molecule has 0 saturated heterocycles. The first-order valence-corrected chi connectivity index (χ1v) is 10.4.